The van der Waals surface area contributed by atoms with E-state index in [1.165, 1.54) is 9.80 Å². The molecule has 0 spiro atoms. The number of carbonyl (C=O) groups excluding carboxylic acids is 2. The molecule has 0 aromatic heterocycles. The Morgan fingerprint density at radius 2 is 1.32 bits per heavy atom. The van der Waals surface area contributed by atoms with E-state index in [9.17, 15) is 9.59 Å². The summed E-state index contributed by atoms with van der Waals surface area (Å²) >= 11 is 0. The molecule has 5 heteroatoms. The third-order valence-electron chi connectivity index (χ3n) is 3.49. The molecule has 0 bridgehead atoms. The first-order valence-corrected chi connectivity index (χ1v) is 6.95. The number of anilines is 2. The van der Waals surface area contributed by atoms with Gasteiger partial charge in [-0.3, -0.25) is 9.79 Å². The third-order valence-corrected chi connectivity index (χ3v) is 3.49. The zero-order valence-corrected chi connectivity index (χ0v) is 12.1. The molecule has 5 nitrogen and oxygen atoms in total. The molecule has 0 N–H and O–H groups in total. The van der Waals surface area contributed by atoms with Gasteiger partial charge in [0.2, 0.25) is 5.91 Å². The molecule has 1 heterocycles. The van der Waals surface area contributed by atoms with Crippen LogP contribution in [-0.4, -0.2) is 24.8 Å². The minimum absolute atomic E-state index is 0.0893. The van der Waals surface area contributed by atoms with Gasteiger partial charge in [-0.25, -0.2) is 14.6 Å². The van der Waals surface area contributed by atoms with E-state index in [4.69, 9.17) is 0 Å². The number of amides is 3. The first kappa shape index (κ1) is 14.0. The van der Waals surface area contributed by atoms with E-state index in [-0.39, 0.29) is 12.3 Å². The standard InChI is InChI=1S/C17H15N3O2/c1-18-15-12-16(21)20(14-10-6-3-7-11-14)17(22)19(15)13-8-4-2-5-9-13/h2-11H,12H2,1H3. The van der Waals surface area contributed by atoms with Crippen molar-refractivity contribution >= 4 is 29.1 Å². The molecule has 1 saturated heterocycles. The van der Waals surface area contributed by atoms with Crippen LogP contribution in [0, 0.1) is 0 Å². The molecule has 1 aliphatic heterocycles. The Kier molecular flexibility index (Phi) is 3.70. The van der Waals surface area contributed by atoms with Gasteiger partial charge in [0.25, 0.3) is 0 Å². The highest BCUT2D eigenvalue weighted by molar-refractivity contribution is 6.36. The molecule has 0 radical (unpaired) electrons. The molecule has 0 aliphatic carbocycles. The highest BCUT2D eigenvalue weighted by atomic mass is 16.2. The Balaban J connectivity index is 2.05. The first-order chi connectivity index (χ1) is 10.7. The summed E-state index contributed by atoms with van der Waals surface area (Å²) in [7, 11) is 1.59. The van der Waals surface area contributed by atoms with Crippen LogP contribution in [0.4, 0.5) is 16.2 Å². The maximum absolute atomic E-state index is 12.9. The van der Waals surface area contributed by atoms with Crippen LogP contribution in [0.15, 0.2) is 65.7 Å². The summed E-state index contributed by atoms with van der Waals surface area (Å²) in [4.78, 5) is 32.0. The molecular weight excluding hydrogens is 278 g/mol. The van der Waals surface area contributed by atoms with E-state index in [1.807, 2.05) is 36.4 Å². The Morgan fingerprint density at radius 3 is 1.82 bits per heavy atom. The summed E-state index contributed by atoms with van der Waals surface area (Å²) in [6.07, 6.45) is 0.0893. The van der Waals surface area contributed by atoms with Crippen LogP contribution >= 0.6 is 0 Å². The molecule has 0 saturated carbocycles. The van der Waals surface area contributed by atoms with Crippen molar-refractivity contribution in [1.29, 1.82) is 0 Å². The van der Waals surface area contributed by atoms with Crippen molar-refractivity contribution < 1.29 is 9.59 Å². The number of para-hydroxylation sites is 2. The lowest BCUT2D eigenvalue weighted by Crippen LogP contribution is -2.55. The van der Waals surface area contributed by atoms with E-state index >= 15 is 0 Å². The van der Waals surface area contributed by atoms with E-state index < -0.39 is 6.03 Å². The third kappa shape index (κ3) is 2.37. The second kappa shape index (κ2) is 5.81. The van der Waals surface area contributed by atoms with Crippen LogP contribution in [0.3, 0.4) is 0 Å². The molecular formula is C17H15N3O2. The predicted molar refractivity (Wildman–Crippen MR) is 86.2 cm³/mol. The van der Waals surface area contributed by atoms with E-state index in [2.05, 4.69) is 4.99 Å². The molecule has 22 heavy (non-hydrogen) atoms. The fourth-order valence-electron chi connectivity index (χ4n) is 2.46. The highest BCUT2D eigenvalue weighted by Gasteiger charge is 2.37. The van der Waals surface area contributed by atoms with Gasteiger partial charge in [-0.1, -0.05) is 36.4 Å². The van der Waals surface area contributed by atoms with Gasteiger partial charge in [0.1, 0.15) is 5.84 Å². The zero-order chi connectivity index (χ0) is 15.5. The number of rotatable bonds is 2. The van der Waals surface area contributed by atoms with Gasteiger partial charge in [-0.2, -0.15) is 0 Å². The monoisotopic (exact) mass is 293 g/mol. The van der Waals surface area contributed by atoms with Crippen LogP contribution in [-0.2, 0) is 4.79 Å². The summed E-state index contributed by atoms with van der Waals surface area (Å²) in [6.45, 7) is 0. The van der Waals surface area contributed by atoms with E-state index in [0.29, 0.717) is 17.2 Å². The quantitative estimate of drug-likeness (QED) is 0.854. The average molecular weight is 293 g/mol. The van der Waals surface area contributed by atoms with Crippen molar-refractivity contribution in [1.82, 2.24) is 0 Å². The van der Waals surface area contributed by atoms with Gasteiger partial charge >= 0.3 is 6.03 Å². The topological polar surface area (TPSA) is 53.0 Å². The molecule has 2 aromatic carbocycles. The second-order valence-corrected chi connectivity index (χ2v) is 4.83. The van der Waals surface area contributed by atoms with E-state index in [0.717, 1.165) is 0 Å². The Bertz CT molecular complexity index is 726. The van der Waals surface area contributed by atoms with Gasteiger partial charge < -0.3 is 0 Å². The van der Waals surface area contributed by atoms with Crippen LogP contribution in [0.2, 0.25) is 0 Å². The largest absolute Gasteiger partial charge is 0.341 e. The molecule has 0 atom stereocenters. The summed E-state index contributed by atoms with van der Waals surface area (Å²) in [5.41, 5.74) is 1.26. The number of imide groups is 1. The fourth-order valence-corrected chi connectivity index (χ4v) is 2.46. The van der Waals surface area contributed by atoms with Gasteiger partial charge in [-0.05, 0) is 24.3 Å². The lowest BCUT2D eigenvalue weighted by Gasteiger charge is -2.34. The SMILES string of the molecule is CN=C1CC(=O)N(c2ccccc2)C(=O)N1c1ccccc1. The first-order valence-electron chi connectivity index (χ1n) is 6.95. The van der Waals surface area contributed by atoms with Gasteiger partial charge in [-0.15, -0.1) is 0 Å². The van der Waals surface area contributed by atoms with Crippen molar-refractivity contribution in [2.45, 2.75) is 6.42 Å². The van der Waals surface area contributed by atoms with E-state index in [1.54, 1.807) is 31.3 Å². The molecule has 110 valence electrons. The Hall–Kier alpha value is -2.95. The summed E-state index contributed by atoms with van der Waals surface area (Å²) in [5.74, 6) is 0.178. The average Bonchev–Trinajstić information content (AvgIpc) is 2.56. The number of hydrogen-bond donors (Lipinski definition) is 0. The number of aliphatic imine (C=N–C) groups is 1. The summed E-state index contributed by atoms with van der Waals surface area (Å²) < 4.78 is 0. The molecule has 1 fully saturated rings. The van der Waals surface area contributed by atoms with Crippen LogP contribution in [0.25, 0.3) is 0 Å². The summed E-state index contributed by atoms with van der Waals surface area (Å²) in [5, 5.41) is 0. The minimum atomic E-state index is -0.408. The summed E-state index contributed by atoms with van der Waals surface area (Å²) in [6, 6.07) is 17.7. The number of urea groups is 1. The number of carbonyl (C=O) groups is 2. The number of nitrogens with zero attached hydrogens (tertiary/aromatic N) is 3. The Morgan fingerprint density at radius 1 is 0.818 bits per heavy atom. The fraction of sp³-hybridized carbons (Fsp3) is 0.118. The molecule has 3 rings (SSSR count). The predicted octanol–water partition coefficient (Wildman–Crippen LogP) is 3.08. The molecule has 1 aliphatic rings. The maximum atomic E-state index is 12.9. The van der Waals surface area contributed by atoms with Gasteiger partial charge in [0.15, 0.2) is 0 Å². The number of amidine groups is 1. The van der Waals surface area contributed by atoms with Crippen molar-refractivity contribution in [2.75, 3.05) is 16.8 Å². The smallest absolute Gasteiger partial charge is 0.275 e. The zero-order valence-electron chi connectivity index (χ0n) is 12.1. The van der Waals surface area contributed by atoms with Crippen molar-refractivity contribution in [3.05, 3.63) is 60.7 Å². The van der Waals surface area contributed by atoms with Crippen molar-refractivity contribution in [3.63, 3.8) is 0 Å². The van der Waals surface area contributed by atoms with Crippen LogP contribution < -0.4 is 9.80 Å². The molecule has 2 aromatic rings. The Labute approximate surface area is 128 Å². The van der Waals surface area contributed by atoms with Crippen molar-refractivity contribution in [2.24, 2.45) is 4.99 Å². The lowest BCUT2D eigenvalue weighted by atomic mass is 10.2. The number of benzene rings is 2. The minimum Gasteiger partial charge on any atom is -0.275 e. The molecule has 3 amide bonds. The van der Waals surface area contributed by atoms with Gasteiger partial charge in [0, 0.05) is 7.05 Å². The molecule has 0 unspecified atom stereocenters. The maximum Gasteiger partial charge on any atom is 0.341 e. The number of hydrogen-bond acceptors (Lipinski definition) is 3. The van der Waals surface area contributed by atoms with Crippen LogP contribution in [0.5, 0.6) is 0 Å². The normalized spacial score (nSPS) is 17.2. The lowest BCUT2D eigenvalue weighted by molar-refractivity contribution is -0.116. The second-order valence-electron chi connectivity index (χ2n) is 4.83. The van der Waals surface area contributed by atoms with Crippen molar-refractivity contribution in [3.8, 4) is 0 Å². The van der Waals surface area contributed by atoms with Gasteiger partial charge in [0.05, 0.1) is 17.8 Å². The van der Waals surface area contributed by atoms with Crippen LogP contribution in [0.1, 0.15) is 6.42 Å². The highest BCUT2D eigenvalue weighted by Crippen LogP contribution is 2.26.